The summed E-state index contributed by atoms with van der Waals surface area (Å²) in [7, 11) is -3.70. The predicted octanol–water partition coefficient (Wildman–Crippen LogP) is 4.47. The minimum Gasteiger partial charge on any atom is -0.372 e. The maximum atomic E-state index is 12.4. The fourth-order valence-electron chi connectivity index (χ4n) is 2.79. The lowest BCUT2D eigenvalue weighted by Crippen LogP contribution is -2.45. The molecule has 9 heteroatoms. The molecular weight excluding hydrogens is 403 g/mol. The Morgan fingerprint density at radius 2 is 1.76 bits per heavy atom. The molecule has 1 N–H and O–H groups in total. The van der Waals surface area contributed by atoms with Crippen molar-refractivity contribution in [3.05, 3.63) is 39.7 Å². The molecule has 25 heavy (non-hydrogen) atoms. The van der Waals surface area contributed by atoms with Crippen LogP contribution in [0, 0.1) is 0 Å². The van der Waals surface area contributed by atoms with Gasteiger partial charge in [0.15, 0.2) is 0 Å². The summed E-state index contributed by atoms with van der Waals surface area (Å²) in [6, 6.07) is 8.64. The highest BCUT2D eigenvalue weighted by Gasteiger charge is 2.23. The number of nitrogens with zero attached hydrogens (tertiary/aromatic N) is 1. The monoisotopic (exact) mass is 420 g/mol. The first-order chi connectivity index (χ1) is 11.7. The SMILES string of the molecule is C[C@@H]1CN(c2ccc(NS(=O)(=O)c3cc(Cl)c(Cl)s3)cc2)C[C@H](C)O1. The van der Waals surface area contributed by atoms with Crippen LogP contribution in [-0.2, 0) is 14.8 Å². The van der Waals surface area contributed by atoms with Crippen LogP contribution in [0.4, 0.5) is 11.4 Å². The van der Waals surface area contributed by atoms with Crippen molar-refractivity contribution < 1.29 is 13.2 Å². The molecule has 0 aliphatic carbocycles. The zero-order chi connectivity index (χ0) is 18.2. The average Bonchev–Trinajstić information content (AvgIpc) is 2.87. The molecule has 1 aromatic carbocycles. The molecular formula is C16H18Cl2N2O3S2. The topological polar surface area (TPSA) is 58.6 Å². The summed E-state index contributed by atoms with van der Waals surface area (Å²) in [5, 5.41) is 0.234. The minimum absolute atomic E-state index is 0.0856. The Kier molecular flexibility index (Phi) is 5.51. The number of ether oxygens (including phenoxy) is 1. The summed E-state index contributed by atoms with van der Waals surface area (Å²) < 4.78 is 33.4. The van der Waals surface area contributed by atoms with Gasteiger partial charge < -0.3 is 9.64 Å². The quantitative estimate of drug-likeness (QED) is 0.792. The van der Waals surface area contributed by atoms with Gasteiger partial charge in [-0.25, -0.2) is 8.42 Å². The van der Waals surface area contributed by atoms with E-state index in [2.05, 4.69) is 9.62 Å². The zero-order valence-electron chi connectivity index (χ0n) is 13.7. The van der Waals surface area contributed by atoms with Crippen LogP contribution in [0.1, 0.15) is 13.8 Å². The van der Waals surface area contributed by atoms with Crippen LogP contribution in [0.15, 0.2) is 34.5 Å². The fourth-order valence-corrected chi connectivity index (χ4v) is 5.73. The third-order valence-electron chi connectivity index (χ3n) is 3.79. The van der Waals surface area contributed by atoms with E-state index in [9.17, 15) is 8.42 Å². The molecule has 0 spiro atoms. The van der Waals surface area contributed by atoms with Crippen molar-refractivity contribution in [2.45, 2.75) is 30.3 Å². The van der Waals surface area contributed by atoms with Crippen LogP contribution in [0.25, 0.3) is 0 Å². The first kappa shape index (κ1) is 18.8. The predicted molar refractivity (Wildman–Crippen MR) is 104 cm³/mol. The number of morpholine rings is 1. The van der Waals surface area contributed by atoms with E-state index in [1.807, 2.05) is 26.0 Å². The summed E-state index contributed by atoms with van der Waals surface area (Å²) in [6.45, 7) is 5.70. The molecule has 0 saturated carbocycles. The first-order valence-electron chi connectivity index (χ1n) is 7.73. The Hall–Kier alpha value is -0.990. The van der Waals surface area contributed by atoms with Crippen LogP contribution in [0.5, 0.6) is 0 Å². The van der Waals surface area contributed by atoms with Crippen LogP contribution in [0.3, 0.4) is 0 Å². The highest BCUT2D eigenvalue weighted by Crippen LogP contribution is 2.35. The summed E-state index contributed by atoms with van der Waals surface area (Å²) >= 11 is 12.6. The number of nitrogens with one attached hydrogen (secondary N) is 1. The van der Waals surface area contributed by atoms with Crippen LogP contribution in [0.2, 0.25) is 9.36 Å². The summed E-state index contributed by atoms with van der Waals surface area (Å²) in [5.74, 6) is 0. The van der Waals surface area contributed by atoms with E-state index in [4.69, 9.17) is 27.9 Å². The molecule has 1 saturated heterocycles. The van der Waals surface area contributed by atoms with Gasteiger partial charge in [0.05, 0.1) is 17.2 Å². The number of sulfonamides is 1. The van der Waals surface area contributed by atoms with Crippen LogP contribution in [-0.4, -0.2) is 33.7 Å². The molecule has 1 aliphatic rings. The third kappa shape index (κ3) is 4.41. The number of benzene rings is 1. The minimum atomic E-state index is -3.70. The lowest BCUT2D eigenvalue weighted by atomic mass is 10.2. The molecule has 0 unspecified atom stereocenters. The number of hydrogen-bond donors (Lipinski definition) is 1. The Morgan fingerprint density at radius 3 is 2.28 bits per heavy atom. The number of halogens is 2. The second-order valence-corrected chi connectivity index (χ2v) is 9.97. The highest BCUT2D eigenvalue weighted by atomic mass is 35.5. The molecule has 2 aromatic rings. The second-order valence-electron chi connectivity index (χ2n) is 6.00. The summed E-state index contributed by atoms with van der Waals surface area (Å²) in [5.41, 5.74) is 1.52. The van der Waals surface area contributed by atoms with Crippen molar-refractivity contribution >= 4 is 55.9 Å². The van der Waals surface area contributed by atoms with E-state index in [1.54, 1.807) is 12.1 Å². The molecule has 2 heterocycles. The van der Waals surface area contributed by atoms with Gasteiger partial charge in [-0.3, -0.25) is 4.72 Å². The molecule has 0 amide bonds. The van der Waals surface area contributed by atoms with Crippen molar-refractivity contribution in [1.82, 2.24) is 0 Å². The standard InChI is InChI=1S/C16H18Cl2N2O3S2/c1-10-8-20(9-11(2)23-10)13-5-3-12(4-6-13)19-25(21,22)15-7-14(17)16(18)24-15/h3-7,10-11,19H,8-9H2,1-2H3/t10-,11+. The fraction of sp³-hybridized carbons (Fsp3) is 0.375. The van der Waals surface area contributed by atoms with Gasteiger partial charge in [0, 0.05) is 24.5 Å². The largest absolute Gasteiger partial charge is 0.372 e. The Balaban J connectivity index is 1.74. The maximum Gasteiger partial charge on any atom is 0.271 e. The van der Waals surface area contributed by atoms with Crippen LogP contribution < -0.4 is 9.62 Å². The van der Waals surface area contributed by atoms with Crippen molar-refractivity contribution in [2.75, 3.05) is 22.7 Å². The smallest absolute Gasteiger partial charge is 0.271 e. The van der Waals surface area contributed by atoms with E-state index in [-0.39, 0.29) is 25.8 Å². The van der Waals surface area contributed by atoms with E-state index in [0.717, 1.165) is 30.1 Å². The van der Waals surface area contributed by atoms with E-state index < -0.39 is 10.0 Å². The van der Waals surface area contributed by atoms with Gasteiger partial charge in [0.25, 0.3) is 10.0 Å². The van der Waals surface area contributed by atoms with Gasteiger partial charge in [-0.05, 0) is 44.2 Å². The van der Waals surface area contributed by atoms with Gasteiger partial charge >= 0.3 is 0 Å². The molecule has 0 bridgehead atoms. The molecule has 1 fully saturated rings. The van der Waals surface area contributed by atoms with Crippen molar-refractivity contribution in [1.29, 1.82) is 0 Å². The van der Waals surface area contributed by atoms with Crippen LogP contribution >= 0.6 is 34.5 Å². The van der Waals surface area contributed by atoms with E-state index in [0.29, 0.717) is 5.69 Å². The molecule has 136 valence electrons. The lowest BCUT2D eigenvalue weighted by molar-refractivity contribution is -0.00521. The second kappa shape index (κ2) is 7.32. The number of anilines is 2. The first-order valence-corrected chi connectivity index (χ1v) is 10.8. The molecule has 1 aliphatic heterocycles. The number of thiophene rings is 1. The Morgan fingerprint density at radius 1 is 1.16 bits per heavy atom. The molecule has 3 rings (SSSR count). The van der Waals surface area contributed by atoms with E-state index in [1.165, 1.54) is 6.07 Å². The normalized spacial score (nSPS) is 21.4. The van der Waals surface area contributed by atoms with E-state index >= 15 is 0 Å². The molecule has 5 nitrogen and oxygen atoms in total. The number of rotatable bonds is 4. The van der Waals surface area contributed by atoms with Crippen molar-refractivity contribution in [2.24, 2.45) is 0 Å². The van der Waals surface area contributed by atoms with Crippen molar-refractivity contribution in [3.63, 3.8) is 0 Å². The van der Waals surface area contributed by atoms with Gasteiger partial charge in [-0.15, -0.1) is 11.3 Å². The molecule has 2 atom stereocenters. The highest BCUT2D eigenvalue weighted by molar-refractivity contribution is 7.94. The third-order valence-corrected chi connectivity index (χ3v) is 7.51. The van der Waals surface area contributed by atoms with Gasteiger partial charge in [-0.2, -0.15) is 0 Å². The average molecular weight is 421 g/mol. The maximum absolute atomic E-state index is 12.4. The zero-order valence-corrected chi connectivity index (χ0v) is 16.8. The van der Waals surface area contributed by atoms with Crippen molar-refractivity contribution in [3.8, 4) is 0 Å². The summed E-state index contributed by atoms with van der Waals surface area (Å²) in [6.07, 6.45) is 0.325. The lowest BCUT2D eigenvalue weighted by Gasteiger charge is -2.36. The molecule has 1 aromatic heterocycles. The van der Waals surface area contributed by atoms with Gasteiger partial charge in [0.1, 0.15) is 8.55 Å². The van der Waals surface area contributed by atoms with Gasteiger partial charge in [-0.1, -0.05) is 23.2 Å². The Bertz CT molecular complexity index is 823. The summed E-state index contributed by atoms with van der Waals surface area (Å²) in [4.78, 5) is 2.23. The number of hydrogen-bond acceptors (Lipinski definition) is 5. The molecule has 0 radical (unpaired) electrons. The van der Waals surface area contributed by atoms with Gasteiger partial charge in [0.2, 0.25) is 0 Å². The Labute approximate surface area is 161 Å².